The molecule has 0 radical (unpaired) electrons. The molecule has 0 N–H and O–H groups in total. The van der Waals surface area contributed by atoms with Crippen LogP contribution in [0.3, 0.4) is 0 Å². The van der Waals surface area contributed by atoms with Gasteiger partial charge >= 0.3 is 0 Å². The van der Waals surface area contributed by atoms with Crippen LogP contribution in [0.2, 0.25) is 0 Å². The molecule has 0 aromatic heterocycles. The molecule has 1 fully saturated rings. The summed E-state index contributed by atoms with van der Waals surface area (Å²) in [6, 6.07) is 14.6. The Bertz CT molecular complexity index is 889. The molecule has 34 heavy (non-hydrogen) atoms. The lowest BCUT2D eigenvalue weighted by atomic mass is 10.0. The number of benzene rings is 2. The molecule has 7 heteroatoms. The summed E-state index contributed by atoms with van der Waals surface area (Å²) in [4.78, 5) is 18.4. The second-order valence-electron chi connectivity index (χ2n) is 8.44. The Balaban J connectivity index is 0.00000408. The Hall–Kier alpha value is -1.89. The standard InChI is InChI=1S/C27H38N2O3S.ClH/c1-5-18-33-26-20-24(31-3)21(19-25(26)32-4)12-15-28-16-13-23(14-17-28)29(27(30)6-2)22-10-8-7-9-11-22;/h7-11,19-20,23H,5-6,12-18H2,1-4H3;1H. The van der Waals surface area contributed by atoms with Gasteiger partial charge in [0.1, 0.15) is 11.5 Å². The first-order chi connectivity index (χ1) is 16.1. The van der Waals surface area contributed by atoms with Crippen LogP contribution >= 0.6 is 24.2 Å². The van der Waals surface area contributed by atoms with Crippen molar-refractivity contribution in [2.75, 3.05) is 44.5 Å². The van der Waals surface area contributed by atoms with Crippen LogP contribution in [0.15, 0.2) is 47.4 Å². The van der Waals surface area contributed by atoms with Gasteiger partial charge in [-0.1, -0.05) is 32.0 Å². The molecule has 188 valence electrons. The normalized spacial score (nSPS) is 14.4. The number of ether oxygens (including phenoxy) is 2. The topological polar surface area (TPSA) is 42.0 Å². The Morgan fingerprint density at radius 2 is 1.74 bits per heavy atom. The number of carbonyl (C=O) groups excluding carboxylic acids is 1. The molecule has 2 aromatic rings. The fourth-order valence-corrected chi connectivity index (χ4v) is 5.35. The maximum Gasteiger partial charge on any atom is 0.226 e. The monoisotopic (exact) mass is 506 g/mol. The van der Waals surface area contributed by atoms with Crippen molar-refractivity contribution in [2.24, 2.45) is 0 Å². The van der Waals surface area contributed by atoms with Gasteiger partial charge < -0.3 is 19.3 Å². The molecule has 1 aliphatic rings. The summed E-state index contributed by atoms with van der Waals surface area (Å²) in [5.74, 6) is 3.14. The van der Waals surface area contributed by atoms with E-state index in [0.717, 1.165) is 73.2 Å². The molecular formula is C27H39ClN2O3S. The first kappa shape index (κ1) is 28.3. The van der Waals surface area contributed by atoms with Crippen molar-refractivity contribution < 1.29 is 14.3 Å². The number of likely N-dealkylation sites (tertiary alicyclic amines) is 1. The van der Waals surface area contributed by atoms with Crippen LogP contribution < -0.4 is 14.4 Å². The van der Waals surface area contributed by atoms with Crippen LogP contribution in [0.25, 0.3) is 0 Å². The predicted octanol–water partition coefficient (Wildman–Crippen LogP) is 6.08. The smallest absolute Gasteiger partial charge is 0.226 e. The minimum atomic E-state index is 0. The number of carbonyl (C=O) groups is 1. The van der Waals surface area contributed by atoms with Crippen molar-refractivity contribution in [3.8, 4) is 11.5 Å². The summed E-state index contributed by atoms with van der Waals surface area (Å²) < 4.78 is 11.4. The molecule has 0 spiro atoms. The van der Waals surface area contributed by atoms with Gasteiger partial charge in [0.25, 0.3) is 0 Å². The fraction of sp³-hybridized carbons (Fsp3) is 0.519. The lowest BCUT2D eigenvalue weighted by molar-refractivity contribution is -0.119. The third-order valence-corrected chi connectivity index (χ3v) is 7.50. The highest BCUT2D eigenvalue weighted by molar-refractivity contribution is 7.99. The summed E-state index contributed by atoms with van der Waals surface area (Å²) in [5, 5.41) is 0. The maximum atomic E-state index is 12.7. The molecule has 1 amide bonds. The van der Waals surface area contributed by atoms with Crippen molar-refractivity contribution in [3.05, 3.63) is 48.0 Å². The van der Waals surface area contributed by atoms with Gasteiger partial charge in [-0.3, -0.25) is 4.79 Å². The van der Waals surface area contributed by atoms with Crippen LogP contribution in [0, 0.1) is 0 Å². The van der Waals surface area contributed by atoms with Crippen molar-refractivity contribution >= 4 is 35.8 Å². The molecule has 1 saturated heterocycles. The zero-order valence-electron chi connectivity index (χ0n) is 20.9. The van der Waals surface area contributed by atoms with Gasteiger partial charge in [0.15, 0.2) is 0 Å². The quantitative estimate of drug-likeness (QED) is 0.345. The van der Waals surface area contributed by atoms with E-state index < -0.39 is 0 Å². The van der Waals surface area contributed by atoms with E-state index in [2.05, 4.69) is 24.0 Å². The van der Waals surface area contributed by atoms with Crippen molar-refractivity contribution in [3.63, 3.8) is 0 Å². The van der Waals surface area contributed by atoms with Gasteiger partial charge in [0.05, 0.1) is 19.1 Å². The summed E-state index contributed by atoms with van der Waals surface area (Å²) in [7, 11) is 3.48. The van der Waals surface area contributed by atoms with Crippen LogP contribution in [0.4, 0.5) is 5.69 Å². The zero-order chi connectivity index (χ0) is 23.6. The van der Waals surface area contributed by atoms with E-state index in [1.54, 1.807) is 14.2 Å². The molecule has 5 nitrogen and oxygen atoms in total. The highest BCUT2D eigenvalue weighted by Crippen LogP contribution is 2.36. The summed E-state index contributed by atoms with van der Waals surface area (Å²) in [5.41, 5.74) is 2.20. The van der Waals surface area contributed by atoms with Gasteiger partial charge in [0.2, 0.25) is 5.91 Å². The molecule has 1 aliphatic heterocycles. The lowest BCUT2D eigenvalue weighted by Crippen LogP contribution is -2.47. The molecular weight excluding hydrogens is 468 g/mol. The van der Waals surface area contributed by atoms with Gasteiger partial charge in [0, 0.05) is 37.8 Å². The van der Waals surface area contributed by atoms with Gasteiger partial charge in [-0.15, -0.1) is 24.2 Å². The number of nitrogens with zero attached hydrogens (tertiary/aromatic N) is 2. The molecule has 0 aliphatic carbocycles. The van der Waals surface area contributed by atoms with E-state index in [9.17, 15) is 4.79 Å². The van der Waals surface area contributed by atoms with E-state index in [-0.39, 0.29) is 24.4 Å². The molecule has 0 bridgehead atoms. The Kier molecular flexibility index (Phi) is 12.1. The van der Waals surface area contributed by atoms with Crippen LogP contribution in [-0.2, 0) is 11.2 Å². The van der Waals surface area contributed by atoms with Crippen LogP contribution in [0.1, 0.15) is 45.1 Å². The summed E-state index contributed by atoms with van der Waals surface area (Å²) in [6.45, 7) is 7.09. The molecule has 0 atom stereocenters. The number of hydrogen-bond donors (Lipinski definition) is 0. The van der Waals surface area contributed by atoms with Crippen molar-refractivity contribution in [2.45, 2.75) is 56.9 Å². The molecule has 0 unspecified atom stereocenters. The number of para-hydroxylation sites is 1. The number of piperidine rings is 1. The SMILES string of the molecule is CCCSc1cc(OC)c(CCN2CCC(N(C(=O)CC)c3ccccc3)CC2)cc1OC.Cl. The predicted molar refractivity (Wildman–Crippen MR) is 145 cm³/mol. The van der Waals surface area contributed by atoms with Gasteiger partial charge in [-0.2, -0.15) is 0 Å². The number of amides is 1. The Morgan fingerprint density at radius 3 is 2.32 bits per heavy atom. The molecule has 0 saturated carbocycles. The van der Waals surface area contributed by atoms with Crippen molar-refractivity contribution in [1.29, 1.82) is 0 Å². The third kappa shape index (κ3) is 7.30. The molecule has 1 heterocycles. The molecule has 2 aromatic carbocycles. The van der Waals surface area contributed by atoms with E-state index in [4.69, 9.17) is 9.47 Å². The average molecular weight is 507 g/mol. The minimum absolute atomic E-state index is 0. The van der Waals surface area contributed by atoms with Gasteiger partial charge in [-0.25, -0.2) is 0 Å². The van der Waals surface area contributed by atoms with E-state index in [1.807, 2.05) is 53.9 Å². The first-order valence-corrected chi connectivity index (χ1v) is 13.1. The number of anilines is 1. The highest BCUT2D eigenvalue weighted by atomic mass is 35.5. The van der Waals surface area contributed by atoms with Crippen LogP contribution in [0.5, 0.6) is 11.5 Å². The lowest BCUT2D eigenvalue weighted by Gasteiger charge is -2.38. The number of hydrogen-bond acceptors (Lipinski definition) is 5. The highest BCUT2D eigenvalue weighted by Gasteiger charge is 2.28. The average Bonchev–Trinajstić information content (AvgIpc) is 2.87. The maximum absolute atomic E-state index is 12.7. The minimum Gasteiger partial charge on any atom is -0.496 e. The number of rotatable bonds is 11. The Labute approximate surface area is 215 Å². The second-order valence-corrected chi connectivity index (χ2v) is 9.58. The van der Waals surface area contributed by atoms with Crippen LogP contribution in [-0.4, -0.2) is 56.5 Å². The fourth-order valence-electron chi connectivity index (χ4n) is 4.45. The van der Waals surface area contributed by atoms with E-state index in [1.165, 1.54) is 5.56 Å². The number of thioether (sulfide) groups is 1. The van der Waals surface area contributed by atoms with Gasteiger partial charge in [-0.05, 0) is 61.3 Å². The number of methoxy groups -OCH3 is 2. The molecule has 3 rings (SSSR count). The van der Waals surface area contributed by atoms with Crippen molar-refractivity contribution in [1.82, 2.24) is 4.90 Å². The second kappa shape index (κ2) is 14.5. The summed E-state index contributed by atoms with van der Waals surface area (Å²) in [6.07, 6.45) is 4.56. The summed E-state index contributed by atoms with van der Waals surface area (Å²) >= 11 is 1.81. The third-order valence-electron chi connectivity index (χ3n) is 6.25. The first-order valence-electron chi connectivity index (χ1n) is 12.1. The zero-order valence-corrected chi connectivity index (χ0v) is 22.6. The number of halogens is 1. The largest absolute Gasteiger partial charge is 0.496 e. The Morgan fingerprint density at radius 1 is 1.06 bits per heavy atom. The van der Waals surface area contributed by atoms with E-state index >= 15 is 0 Å². The van der Waals surface area contributed by atoms with E-state index in [0.29, 0.717) is 6.42 Å².